The van der Waals surface area contributed by atoms with Gasteiger partial charge in [-0.3, -0.25) is 4.79 Å². The number of carbonyl (C=O) groups is 1. The van der Waals surface area contributed by atoms with Crippen molar-refractivity contribution in [3.8, 4) is 0 Å². The predicted octanol–water partition coefficient (Wildman–Crippen LogP) is 2.55. The molecule has 1 aromatic carbocycles. The van der Waals surface area contributed by atoms with Gasteiger partial charge in [-0.2, -0.15) is 0 Å². The molecule has 16 heavy (non-hydrogen) atoms. The molecule has 0 aliphatic rings. The van der Waals surface area contributed by atoms with Crippen LogP contribution in [0.25, 0.3) is 11.0 Å². The molecule has 1 amide bonds. The Balaban J connectivity index is 2.11. The number of carbonyl (C=O) groups excluding carboxylic acids is 1. The Morgan fingerprint density at radius 2 is 2.31 bits per heavy atom. The first-order valence-corrected chi connectivity index (χ1v) is 5.38. The quantitative estimate of drug-likeness (QED) is 0.830. The number of hydrogen-bond acceptors (Lipinski definition) is 2. The summed E-state index contributed by atoms with van der Waals surface area (Å²) in [5, 5.41) is 2.87. The maximum absolute atomic E-state index is 11.6. The van der Waals surface area contributed by atoms with Crippen molar-refractivity contribution in [2.75, 3.05) is 5.32 Å². The smallest absolute Gasteiger partial charge is 0.224 e. The van der Waals surface area contributed by atoms with E-state index in [-0.39, 0.29) is 5.91 Å². The maximum atomic E-state index is 11.6. The van der Waals surface area contributed by atoms with Gasteiger partial charge in [-0.25, -0.2) is 4.98 Å². The molecule has 0 bridgehead atoms. The second kappa shape index (κ2) is 4.35. The second-order valence-corrected chi connectivity index (χ2v) is 4.28. The molecule has 0 fully saturated rings. The first kappa shape index (κ1) is 10.7. The van der Waals surface area contributed by atoms with Crippen molar-refractivity contribution in [1.29, 1.82) is 0 Å². The van der Waals surface area contributed by atoms with Crippen LogP contribution in [0.4, 0.5) is 5.69 Å². The lowest BCUT2D eigenvalue weighted by Crippen LogP contribution is -2.13. The molecule has 2 N–H and O–H groups in total. The minimum Gasteiger partial charge on any atom is -0.345 e. The third kappa shape index (κ3) is 2.39. The van der Waals surface area contributed by atoms with Crippen LogP contribution in [-0.4, -0.2) is 15.9 Å². The Morgan fingerprint density at radius 1 is 1.50 bits per heavy atom. The number of aromatic nitrogens is 2. The summed E-state index contributed by atoms with van der Waals surface area (Å²) in [7, 11) is 0. The summed E-state index contributed by atoms with van der Waals surface area (Å²) in [4.78, 5) is 18.7. The topological polar surface area (TPSA) is 57.8 Å². The number of rotatable bonds is 3. The van der Waals surface area contributed by atoms with Gasteiger partial charge in [0, 0.05) is 12.1 Å². The highest BCUT2D eigenvalue weighted by Gasteiger charge is 2.05. The van der Waals surface area contributed by atoms with E-state index in [4.69, 9.17) is 0 Å². The Morgan fingerprint density at radius 3 is 3.06 bits per heavy atom. The van der Waals surface area contributed by atoms with Crippen LogP contribution in [0.2, 0.25) is 0 Å². The molecule has 0 aliphatic carbocycles. The van der Waals surface area contributed by atoms with E-state index in [1.807, 2.05) is 32.0 Å². The molecule has 1 heterocycles. The second-order valence-electron chi connectivity index (χ2n) is 4.28. The molecular formula is C12H15N3O. The van der Waals surface area contributed by atoms with Crippen molar-refractivity contribution in [3.63, 3.8) is 0 Å². The van der Waals surface area contributed by atoms with Crippen LogP contribution in [0.3, 0.4) is 0 Å². The molecule has 4 nitrogen and oxygen atoms in total. The lowest BCUT2D eigenvalue weighted by Gasteiger charge is -2.06. The first-order valence-electron chi connectivity index (χ1n) is 5.38. The van der Waals surface area contributed by atoms with Crippen LogP contribution < -0.4 is 5.32 Å². The Kier molecular flexibility index (Phi) is 2.90. The fourth-order valence-corrected chi connectivity index (χ4v) is 1.60. The fourth-order valence-electron chi connectivity index (χ4n) is 1.60. The lowest BCUT2D eigenvalue weighted by atomic mass is 10.1. The third-order valence-corrected chi connectivity index (χ3v) is 2.30. The average molecular weight is 217 g/mol. The molecular weight excluding hydrogens is 202 g/mol. The van der Waals surface area contributed by atoms with E-state index in [9.17, 15) is 4.79 Å². The number of fused-ring (bicyclic) bond motifs is 1. The van der Waals surface area contributed by atoms with E-state index in [0.29, 0.717) is 12.3 Å². The van der Waals surface area contributed by atoms with Crippen LogP contribution in [0.5, 0.6) is 0 Å². The minimum atomic E-state index is 0.0499. The number of benzene rings is 1. The van der Waals surface area contributed by atoms with Crippen LogP contribution in [-0.2, 0) is 4.79 Å². The maximum Gasteiger partial charge on any atom is 0.224 e. The molecule has 2 rings (SSSR count). The molecule has 4 heteroatoms. The highest BCUT2D eigenvalue weighted by molar-refractivity contribution is 5.93. The molecule has 0 atom stereocenters. The van der Waals surface area contributed by atoms with Crippen molar-refractivity contribution < 1.29 is 4.79 Å². The average Bonchev–Trinajstić information content (AvgIpc) is 2.63. The van der Waals surface area contributed by atoms with Gasteiger partial charge in [0.05, 0.1) is 17.4 Å². The zero-order valence-electron chi connectivity index (χ0n) is 9.45. The van der Waals surface area contributed by atoms with Gasteiger partial charge in [0.1, 0.15) is 0 Å². The van der Waals surface area contributed by atoms with Gasteiger partial charge in [-0.05, 0) is 24.1 Å². The van der Waals surface area contributed by atoms with E-state index in [2.05, 4.69) is 15.3 Å². The Hall–Kier alpha value is -1.84. The number of imidazole rings is 1. The van der Waals surface area contributed by atoms with Crippen molar-refractivity contribution >= 4 is 22.6 Å². The van der Waals surface area contributed by atoms with E-state index < -0.39 is 0 Å². The van der Waals surface area contributed by atoms with Gasteiger partial charge in [-0.1, -0.05) is 13.8 Å². The summed E-state index contributed by atoms with van der Waals surface area (Å²) in [5.41, 5.74) is 2.65. The van der Waals surface area contributed by atoms with E-state index in [0.717, 1.165) is 16.7 Å². The zero-order chi connectivity index (χ0) is 11.5. The van der Waals surface area contributed by atoms with E-state index >= 15 is 0 Å². The molecule has 0 saturated heterocycles. The number of H-pyrrole nitrogens is 1. The lowest BCUT2D eigenvalue weighted by molar-refractivity contribution is -0.116. The van der Waals surface area contributed by atoms with Crippen LogP contribution in [0.1, 0.15) is 20.3 Å². The summed E-state index contributed by atoms with van der Waals surface area (Å²) in [6.45, 7) is 4.05. The van der Waals surface area contributed by atoms with Crippen molar-refractivity contribution in [2.24, 2.45) is 5.92 Å². The van der Waals surface area contributed by atoms with Crippen LogP contribution >= 0.6 is 0 Å². The number of aromatic amines is 1. The van der Waals surface area contributed by atoms with Gasteiger partial charge < -0.3 is 10.3 Å². The molecule has 2 aromatic rings. The summed E-state index contributed by atoms with van der Waals surface area (Å²) < 4.78 is 0. The molecule has 0 unspecified atom stereocenters. The van der Waals surface area contributed by atoms with Gasteiger partial charge in [0.15, 0.2) is 0 Å². The molecule has 84 valence electrons. The number of nitrogens with one attached hydrogen (secondary N) is 2. The Bertz CT molecular complexity index is 502. The standard InChI is InChI=1S/C12H15N3O/c1-8(2)5-12(16)15-9-3-4-10-11(6-9)14-7-13-10/h3-4,6-8H,5H2,1-2H3,(H,13,14)(H,15,16). The van der Waals surface area contributed by atoms with E-state index in [1.165, 1.54) is 0 Å². The zero-order valence-corrected chi connectivity index (χ0v) is 9.45. The van der Waals surface area contributed by atoms with Crippen LogP contribution in [0, 0.1) is 5.92 Å². The normalized spacial score (nSPS) is 10.9. The van der Waals surface area contributed by atoms with Gasteiger partial charge >= 0.3 is 0 Å². The third-order valence-electron chi connectivity index (χ3n) is 2.30. The molecule has 0 aliphatic heterocycles. The summed E-state index contributed by atoms with van der Waals surface area (Å²) >= 11 is 0. The largest absolute Gasteiger partial charge is 0.345 e. The number of amides is 1. The van der Waals surface area contributed by atoms with Crippen molar-refractivity contribution in [3.05, 3.63) is 24.5 Å². The molecule has 0 saturated carbocycles. The number of nitrogens with zero attached hydrogens (tertiary/aromatic N) is 1. The van der Waals surface area contributed by atoms with Crippen molar-refractivity contribution in [1.82, 2.24) is 9.97 Å². The van der Waals surface area contributed by atoms with Gasteiger partial charge in [0.2, 0.25) is 5.91 Å². The fraction of sp³-hybridized carbons (Fsp3) is 0.333. The van der Waals surface area contributed by atoms with Gasteiger partial charge in [-0.15, -0.1) is 0 Å². The van der Waals surface area contributed by atoms with Gasteiger partial charge in [0.25, 0.3) is 0 Å². The number of anilines is 1. The minimum absolute atomic E-state index is 0.0499. The summed E-state index contributed by atoms with van der Waals surface area (Å²) in [6.07, 6.45) is 2.19. The SMILES string of the molecule is CC(C)CC(=O)Nc1ccc2nc[nH]c2c1. The van der Waals surface area contributed by atoms with Crippen LogP contribution in [0.15, 0.2) is 24.5 Å². The highest BCUT2D eigenvalue weighted by atomic mass is 16.1. The monoisotopic (exact) mass is 217 g/mol. The Labute approximate surface area is 94.1 Å². The molecule has 0 spiro atoms. The number of hydrogen-bond donors (Lipinski definition) is 2. The first-order chi connectivity index (χ1) is 7.65. The molecule has 1 aromatic heterocycles. The van der Waals surface area contributed by atoms with E-state index in [1.54, 1.807) is 6.33 Å². The molecule has 0 radical (unpaired) electrons. The summed E-state index contributed by atoms with van der Waals surface area (Å²) in [6, 6.07) is 5.64. The summed E-state index contributed by atoms with van der Waals surface area (Å²) in [5.74, 6) is 0.421. The van der Waals surface area contributed by atoms with Crippen molar-refractivity contribution in [2.45, 2.75) is 20.3 Å². The highest BCUT2D eigenvalue weighted by Crippen LogP contribution is 2.16. The predicted molar refractivity (Wildman–Crippen MR) is 64.2 cm³/mol.